The molecule has 3 rings (SSSR count). The van der Waals surface area contributed by atoms with Gasteiger partial charge in [0, 0.05) is 12.1 Å². The highest BCUT2D eigenvalue weighted by Gasteiger charge is 2.23. The number of amides is 2. The van der Waals surface area contributed by atoms with E-state index >= 15 is 0 Å². The van der Waals surface area contributed by atoms with Gasteiger partial charge in [0.2, 0.25) is 5.91 Å². The molecule has 0 fully saturated rings. The van der Waals surface area contributed by atoms with Gasteiger partial charge in [-0.2, -0.15) is 5.10 Å². The molecular weight excluding hydrogens is 374 g/mol. The second kappa shape index (κ2) is 10.5. The molecule has 2 atom stereocenters. The Morgan fingerprint density at radius 3 is 2.23 bits per heavy atom. The lowest BCUT2D eigenvalue weighted by molar-refractivity contribution is -0.126. The first-order chi connectivity index (χ1) is 14.5. The quantitative estimate of drug-likeness (QED) is 0.416. The minimum absolute atomic E-state index is 0.119. The average molecular weight is 404 g/mol. The Balaban J connectivity index is 1.56. The van der Waals surface area contributed by atoms with Crippen LogP contribution in [0.4, 0.5) is 0 Å². The third kappa shape index (κ3) is 5.89. The molecule has 0 spiro atoms. The number of allylic oxidation sites excluding steroid dienone is 2. The summed E-state index contributed by atoms with van der Waals surface area (Å²) in [7, 11) is 0. The maximum Gasteiger partial charge on any atom is 0.259 e. The molecule has 5 heteroatoms. The number of rotatable bonds is 7. The number of benzene rings is 2. The SMILES string of the molecule is CC1=CCC(/C=N/NC(=O)CNC(=O)C(c2ccccc2)c2ccccc2)C(C)C1. The Hall–Kier alpha value is -3.21. The molecule has 1 aliphatic carbocycles. The van der Waals surface area contributed by atoms with Gasteiger partial charge >= 0.3 is 0 Å². The van der Waals surface area contributed by atoms with Crippen LogP contribution >= 0.6 is 0 Å². The molecule has 0 aromatic heterocycles. The van der Waals surface area contributed by atoms with Crippen LogP contribution in [-0.2, 0) is 9.59 Å². The molecule has 2 amide bonds. The normalized spacial score (nSPS) is 18.8. The molecule has 30 heavy (non-hydrogen) atoms. The van der Waals surface area contributed by atoms with Gasteiger partial charge in [-0.1, -0.05) is 79.2 Å². The Bertz CT molecular complexity index is 867. The third-order valence-corrected chi connectivity index (χ3v) is 5.52. The van der Waals surface area contributed by atoms with E-state index in [4.69, 9.17) is 0 Å². The number of hydrazone groups is 1. The fourth-order valence-corrected chi connectivity index (χ4v) is 3.82. The van der Waals surface area contributed by atoms with Gasteiger partial charge in [0.15, 0.2) is 0 Å². The number of hydrogen-bond acceptors (Lipinski definition) is 3. The largest absolute Gasteiger partial charge is 0.346 e. The highest BCUT2D eigenvalue weighted by atomic mass is 16.2. The summed E-state index contributed by atoms with van der Waals surface area (Å²) in [6.07, 6.45) is 6.04. The molecule has 0 radical (unpaired) electrons. The van der Waals surface area contributed by atoms with E-state index in [1.54, 1.807) is 0 Å². The molecular formula is C25H29N3O2. The number of carbonyl (C=O) groups excluding carboxylic acids is 2. The lowest BCUT2D eigenvalue weighted by Gasteiger charge is -2.24. The molecule has 0 saturated heterocycles. The Morgan fingerprint density at radius 2 is 1.67 bits per heavy atom. The van der Waals surface area contributed by atoms with Crippen molar-refractivity contribution in [3.8, 4) is 0 Å². The molecule has 2 unspecified atom stereocenters. The first-order valence-electron chi connectivity index (χ1n) is 10.4. The summed E-state index contributed by atoms with van der Waals surface area (Å²) in [6, 6.07) is 19.1. The van der Waals surface area contributed by atoms with Gasteiger partial charge in [-0.25, -0.2) is 5.43 Å². The van der Waals surface area contributed by atoms with E-state index in [0.717, 1.165) is 24.0 Å². The fourth-order valence-electron chi connectivity index (χ4n) is 3.82. The van der Waals surface area contributed by atoms with Gasteiger partial charge in [0.1, 0.15) is 0 Å². The number of hydrogen-bond donors (Lipinski definition) is 2. The van der Waals surface area contributed by atoms with Crippen molar-refractivity contribution in [1.29, 1.82) is 0 Å². The zero-order chi connectivity index (χ0) is 21.3. The first kappa shape index (κ1) is 21.5. The maximum atomic E-state index is 12.9. The molecule has 2 N–H and O–H groups in total. The summed E-state index contributed by atoms with van der Waals surface area (Å²) < 4.78 is 0. The van der Waals surface area contributed by atoms with Crippen molar-refractivity contribution in [3.05, 3.63) is 83.4 Å². The maximum absolute atomic E-state index is 12.9. The minimum Gasteiger partial charge on any atom is -0.346 e. The monoisotopic (exact) mass is 403 g/mol. The van der Waals surface area contributed by atoms with E-state index in [1.165, 1.54) is 5.57 Å². The van der Waals surface area contributed by atoms with Crippen molar-refractivity contribution in [2.45, 2.75) is 32.6 Å². The van der Waals surface area contributed by atoms with Crippen molar-refractivity contribution < 1.29 is 9.59 Å². The van der Waals surface area contributed by atoms with Gasteiger partial charge in [0.05, 0.1) is 12.5 Å². The van der Waals surface area contributed by atoms with Crippen LogP contribution in [0.2, 0.25) is 0 Å². The van der Waals surface area contributed by atoms with Gasteiger partial charge < -0.3 is 5.32 Å². The number of carbonyl (C=O) groups is 2. The Labute approximate surface area is 178 Å². The smallest absolute Gasteiger partial charge is 0.259 e. The van der Waals surface area contributed by atoms with E-state index in [1.807, 2.05) is 66.9 Å². The van der Waals surface area contributed by atoms with Crippen LogP contribution in [0.5, 0.6) is 0 Å². The lowest BCUT2D eigenvalue weighted by atomic mass is 9.82. The van der Waals surface area contributed by atoms with Crippen molar-refractivity contribution >= 4 is 18.0 Å². The van der Waals surface area contributed by atoms with Crippen LogP contribution in [-0.4, -0.2) is 24.6 Å². The average Bonchev–Trinajstić information content (AvgIpc) is 2.75. The molecule has 0 bridgehead atoms. The summed E-state index contributed by atoms with van der Waals surface area (Å²) in [6.45, 7) is 4.22. The van der Waals surface area contributed by atoms with E-state index < -0.39 is 5.92 Å². The second-order valence-corrected chi connectivity index (χ2v) is 7.92. The van der Waals surface area contributed by atoms with Crippen molar-refractivity contribution in [2.75, 3.05) is 6.54 Å². The van der Waals surface area contributed by atoms with Crippen LogP contribution < -0.4 is 10.7 Å². The van der Waals surface area contributed by atoms with Crippen LogP contribution in [0, 0.1) is 11.8 Å². The van der Waals surface area contributed by atoms with Crippen LogP contribution in [0.15, 0.2) is 77.4 Å². The number of nitrogens with zero attached hydrogens (tertiary/aromatic N) is 1. The molecule has 0 saturated carbocycles. The minimum atomic E-state index is -0.471. The molecule has 2 aromatic rings. The highest BCUT2D eigenvalue weighted by Crippen LogP contribution is 2.27. The van der Waals surface area contributed by atoms with Gasteiger partial charge in [-0.3, -0.25) is 9.59 Å². The molecule has 156 valence electrons. The molecule has 2 aromatic carbocycles. The topological polar surface area (TPSA) is 70.6 Å². The third-order valence-electron chi connectivity index (χ3n) is 5.52. The van der Waals surface area contributed by atoms with E-state index in [2.05, 4.69) is 35.8 Å². The highest BCUT2D eigenvalue weighted by molar-refractivity contribution is 5.90. The zero-order valence-electron chi connectivity index (χ0n) is 17.5. The Morgan fingerprint density at radius 1 is 1.07 bits per heavy atom. The fraction of sp³-hybridized carbons (Fsp3) is 0.320. The van der Waals surface area contributed by atoms with Crippen molar-refractivity contribution in [1.82, 2.24) is 10.7 Å². The molecule has 1 aliphatic rings. The van der Waals surface area contributed by atoms with Gasteiger partial charge in [0.25, 0.3) is 5.91 Å². The lowest BCUT2D eigenvalue weighted by Crippen LogP contribution is -2.38. The van der Waals surface area contributed by atoms with Crippen LogP contribution in [0.1, 0.15) is 43.7 Å². The van der Waals surface area contributed by atoms with E-state index in [0.29, 0.717) is 11.8 Å². The zero-order valence-corrected chi connectivity index (χ0v) is 17.5. The summed E-state index contributed by atoms with van der Waals surface area (Å²) >= 11 is 0. The van der Waals surface area contributed by atoms with Crippen LogP contribution in [0.3, 0.4) is 0 Å². The van der Waals surface area contributed by atoms with E-state index in [-0.39, 0.29) is 18.4 Å². The van der Waals surface area contributed by atoms with Gasteiger partial charge in [-0.15, -0.1) is 0 Å². The molecule has 0 aliphatic heterocycles. The Kier molecular flexibility index (Phi) is 7.55. The predicted molar refractivity (Wildman–Crippen MR) is 120 cm³/mol. The summed E-state index contributed by atoms with van der Waals surface area (Å²) in [4.78, 5) is 25.1. The van der Waals surface area contributed by atoms with Crippen LogP contribution in [0.25, 0.3) is 0 Å². The molecule has 0 heterocycles. The van der Waals surface area contributed by atoms with E-state index in [9.17, 15) is 9.59 Å². The first-order valence-corrected chi connectivity index (χ1v) is 10.4. The standard InChI is InChI=1S/C25H29N3O2/c1-18-13-14-22(19(2)15-18)16-27-28-23(29)17-26-25(30)24(20-9-5-3-6-10-20)21-11-7-4-8-12-21/h3-13,16,19,22,24H,14-15,17H2,1-2H3,(H,26,30)(H,28,29)/b27-16+. The predicted octanol–water partition coefficient (Wildman–Crippen LogP) is 4.03. The van der Waals surface area contributed by atoms with Crippen molar-refractivity contribution in [2.24, 2.45) is 16.9 Å². The summed E-state index contributed by atoms with van der Waals surface area (Å²) in [5.74, 6) is -0.193. The summed E-state index contributed by atoms with van der Waals surface area (Å²) in [5, 5.41) is 6.85. The summed E-state index contributed by atoms with van der Waals surface area (Å²) in [5.41, 5.74) is 5.71. The molecule has 5 nitrogen and oxygen atoms in total. The second-order valence-electron chi connectivity index (χ2n) is 7.92. The number of nitrogens with one attached hydrogen (secondary N) is 2. The van der Waals surface area contributed by atoms with Gasteiger partial charge in [-0.05, 0) is 36.8 Å². The van der Waals surface area contributed by atoms with Crippen molar-refractivity contribution in [3.63, 3.8) is 0 Å².